The average Bonchev–Trinajstić information content (AvgIpc) is 3.47. The van der Waals surface area contributed by atoms with Gasteiger partial charge in [-0.25, -0.2) is 0 Å². The average molecular weight is 426 g/mol. The van der Waals surface area contributed by atoms with E-state index in [0.717, 1.165) is 87.8 Å². The van der Waals surface area contributed by atoms with Gasteiger partial charge in [-0.3, -0.25) is 14.7 Å². The fourth-order valence-corrected chi connectivity index (χ4v) is 4.54. The Kier molecular flexibility index (Phi) is 7.12. The number of furan rings is 1. The van der Waals surface area contributed by atoms with Crippen LogP contribution in [0.5, 0.6) is 0 Å². The second-order valence-electron chi connectivity index (χ2n) is 8.47. The summed E-state index contributed by atoms with van der Waals surface area (Å²) in [7, 11) is 0. The van der Waals surface area contributed by atoms with Crippen LogP contribution in [0.25, 0.3) is 11.0 Å². The molecule has 0 aliphatic carbocycles. The van der Waals surface area contributed by atoms with E-state index in [1.165, 1.54) is 0 Å². The van der Waals surface area contributed by atoms with E-state index in [2.05, 4.69) is 41.1 Å². The molecule has 1 atom stereocenters. The van der Waals surface area contributed by atoms with Crippen molar-refractivity contribution in [3.8, 4) is 0 Å². The summed E-state index contributed by atoms with van der Waals surface area (Å²) >= 11 is 0. The molecule has 0 bridgehead atoms. The summed E-state index contributed by atoms with van der Waals surface area (Å²) in [5.74, 6) is 2.22. The zero-order chi connectivity index (χ0) is 21.6. The van der Waals surface area contributed by atoms with E-state index in [1.807, 2.05) is 23.1 Å². The van der Waals surface area contributed by atoms with Crippen molar-refractivity contribution in [2.24, 2.45) is 4.99 Å². The van der Waals surface area contributed by atoms with E-state index in [4.69, 9.17) is 9.41 Å². The SMILES string of the molecule is CCNC(=NCCc1cc2ccccc2o1)N1CCN(C(C)C(=O)N2CCCC2)CC1. The van der Waals surface area contributed by atoms with Crippen LogP contribution < -0.4 is 5.32 Å². The summed E-state index contributed by atoms with van der Waals surface area (Å²) in [5, 5.41) is 4.57. The third-order valence-electron chi connectivity index (χ3n) is 6.37. The smallest absolute Gasteiger partial charge is 0.239 e. The molecule has 2 aromatic rings. The summed E-state index contributed by atoms with van der Waals surface area (Å²) in [5.41, 5.74) is 0.933. The van der Waals surface area contributed by atoms with Crippen LogP contribution in [0, 0.1) is 0 Å². The van der Waals surface area contributed by atoms with Gasteiger partial charge in [-0.05, 0) is 38.8 Å². The quantitative estimate of drug-likeness (QED) is 0.569. The second kappa shape index (κ2) is 10.2. The molecule has 1 amide bonds. The van der Waals surface area contributed by atoms with Crippen LogP contribution in [0.2, 0.25) is 0 Å². The molecule has 1 aromatic carbocycles. The minimum absolute atomic E-state index is 0.0344. The number of amides is 1. The third kappa shape index (κ3) is 5.21. The molecular formula is C24H35N5O2. The third-order valence-corrected chi connectivity index (χ3v) is 6.37. The molecule has 1 unspecified atom stereocenters. The number of nitrogens with zero attached hydrogens (tertiary/aromatic N) is 4. The molecule has 0 spiro atoms. The van der Waals surface area contributed by atoms with E-state index in [0.29, 0.717) is 6.54 Å². The second-order valence-corrected chi connectivity index (χ2v) is 8.47. The van der Waals surface area contributed by atoms with E-state index in [9.17, 15) is 4.79 Å². The highest BCUT2D eigenvalue weighted by molar-refractivity contribution is 5.82. The maximum atomic E-state index is 12.7. The van der Waals surface area contributed by atoms with Crippen LogP contribution in [-0.4, -0.2) is 85.0 Å². The number of piperazine rings is 1. The molecule has 2 fully saturated rings. The van der Waals surface area contributed by atoms with Crippen molar-refractivity contribution < 1.29 is 9.21 Å². The number of likely N-dealkylation sites (tertiary alicyclic amines) is 1. The van der Waals surface area contributed by atoms with Gasteiger partial charge >= 0.3 is 0 Å². The predicted molar refractivity (Wildman–Crippen MR) is 124 cm³/mol. The summed E-state index contributed by atoms with van der Waals surface area (Å²) in [6.07, 6.45) is 3.07. The summed E-state index contributed by atoms with van der Waals surface area (Å²) < 4.78 is 5.91. The Morgan fingerprint density at radius 1 is 1.10 bits per heavy atom. The van der Waals surface area contributed by atoms with Gasteiger partial charge < -0.3 is 19.5 Å². The number of rotatable bonds is 6. The Labute approximate surface area is 185 Å². The fourth-order valence-electron chi connectivity index (χ4n) is 4.54. The molecule has 1 N–H and O–H groups in total. The first-order chi connectivity index (χ1) is 15.2. The maximum absolute atomic E-state index is 12.7. The van der Waals surface area contributed by atoms with E-state index in [1.54, 1.807) is 0 Å². The number of guanidine groups is 1. The van der Waals surface area contributed by atoms with Crippen molar-refractivity contribution in [3.05, 3.63) is 36.1 Å². The first-order valence-corrected chi connectivity index (χ1v) is 11.7. The number of carbonyl (C=O) groups is 1. The molecule has 0 radical (unpaired) electrons. The normalized spacial score (nSPS) is 19.2. The Hall–Kier alpha value is -2.54. The number of carbonyl (C=O) groups excluding carboxylic acids is 1. The lowest BCUT2D eigenvalue weighted by Gasteiger charge is -2.39. The number of para-hydroxylation sites is 1. The molecule has 2 aliphatic heterocycles. The van der Waals surface area contributed by atoms with Crippen LogP contribution >= 0.6 is 0 Å². The molecule has 2 aliphatic rings. The fraction of sp³-hybridized carbons (Fsp3) is 0.583. The molecule has 1 aromatic heterocycles. The monoisotopic (exact) mass is 425 g/mol. The van der Waals surface area contributed by atoms with Crippen molar-refractivity contribution in [2.45, 2.75) is 39.2 Å². The number of hydrogen-bond acceptors (Lipinski definition) is 4. The van der Waals surface area contributed by atoms with Gasteiger partial charge in [-0.15, -0.1) is 0 Å². The van der Waals surface area contributed by atoms with Crippen molar-refractivity contribution >= 4 is 22.8 Å². The molecule has 31 heavy (non-hydrogen) atoms. The Bertz CT molecular complexity index is 861. The number of hydrogen-bond donors (Lipinski definition) is 1. The highest BCUT2D eigenvalue weighted by Crippen LogP contribution is 2.19. The molecule has 0 saturated carbocycles. The van der Waals surface area contributed by atoms with Gasteiger partial charge in [0, 0.05) is 64.2 Å². The number of aliphatic imine (C=N–C) groups is 1. The van der Waals surface area contributed by atoms with Gasteiger partial charge in [-0.1, -0.05) is 18.2 Å². The summed E-state index contributed by atoms with van der Waals surface area (Å²) in [6.45, 7) is 11.1. The van der Waals surface area contributed by atoms with Crippen LogP contribution in [0.4, 0.5) is 0 Å². The van der Waals surface area contributed by atoms with Crippen molar-refractivity contribution in [2.75, 3.05) is 52.4 Å². The van der Waals surface area contributed by atoms with Gasteiger partial charge in [0.2, 0.25) is 5.91 Å². The van der Waals surface area contributed by atoms with E-state index >= 15 is 0 Å². The lowest BCUT2D eigenvalue weighted by atomic mass is 10.2. The van der Waals surface area contributed by atoms with Crippen LogP contribution in [0.15, 0.2) is 39.7 Å². The molecule has 7 heteroatoms. The number of benzene rings is 1. The first-order valence-electron chi connectivity index (χ1n) is 11.7. The topological polar surface area (TPSA) is 64.3 Å². The minimum Gasteiger partial charge on any atom is -0.461 e. The standard InChI is InChI=1S/C24H35N5O2/c1-3-25-24(26-11-10-21-18-20-8-4-5-9-22(20)31-21)29-16-14-27(15-17-29)19(2)23(30)28-12-6-7-13-28/h4-5,8-9,18-19H,3,6-7,10-17H2,1-2H3,(H,25,26). The lowest BCUT2D eigenvalue weighted by Crippen LogP contribution is -2.57. The van der Waals surface area contributed by atoms with E-state index < -0.39 is 0 Å². The van der Waals surface area contributed by atoms with Crippen molar-refractivity contribution in [1.82, 2.24) is 20.0 Å². The predicted octanol–water partition coefficient (Wildman–Crippen LogP) is 2.57. The summed E-state index contributed by atoms with van der Waals surface area (Å²) in [6, 6.07) is 10.2. The molecule has 168 valence electrons. The highest BCUT2D eigenvalue weighted by atomic mass is 16.3. The largest absolute Gasteiger partial charge is 0.461 e. The lowest BCUT2D eigenvalue weighted by molar-refractivity contribution is -0.135. The zero-order valence-corrected chi connectivity index (χ0v) is 18.8. The molecule has 2 saturated heterocycles. The first kappa shape index (κ1) is 21.7. The Morgan fingerprint density at radius 2 is 1.84 bits per heavy atom. The van der Waals surface area contributed by atoms with Crippen LogP contribution in [0.1, 0.15) is 32.4 Å². The number of nitrogens with one attached hydrogen (secondary N) is 1. The van der Waals surface area contributed by atoms with Gasteiger partial charge in [-0.2, -0.15) is 0 Å². The van der Waals surface area contributed by atoms with Gasteiger partial charge in [0.05, 0.1) is 6.04 Å². The van der Waals surface area contributed by atoms with Gasteiger partial charge in [0.15, 0.2) is 5.96 Å². The molecule has 3 heterocycles. The molecule has 7 nitrogen and oxygen atoms in total. The van der Waals surface area contributed by atoms with Crippen LogP contribution in [-0.2, 0) is 11.2 Å². The number of fused-ring (bicyclic) bond motifs is 1. The highest BCUT2D eigenvalue weighted by Gasteiger charge is 2.30. The Balaban J connectivity index is 1.30. The summed E-state index contributed by atoms with van der Waals surface area (Å²) in [4.78, 5) is 24.2. The van der Waals surface area contributed by atoms with Crippen molar-refractivity contribution in [1.29, 1.82) is 0 Å². The van der Waals surface area contributed by atoms with Gasteiger partial charge in [0.1, 0.15) is 11.3 Å². The minimum atomic E-state index is -0.0344. The van der Waals surface area contributed by atoms with Crippen molar-refractivity contribution in [3.63, 3.8) is 0 Å². The molecular weight excluding hydrogens is 390 g/mol. The van der Waals surface area contributed by atoms with Gasteiger partial charge in [0.25, 0.3) is 0 Å². The van der Waals surface area contributed by atoms with E-state index in [-0.39, 0.29) is 11.9 Å². The molecule has 4 rings (SSSR count). The maximum Gasteiger partial charge on any atom is 0.239 e. The zero-order valence-electron chi connectivity index (χ0n) is 18.8. The Morgan fingerprint density at radius 3 is 2.55 bits per heavy atom. The van der Waals surface area contributed by atoms with Crippen LogP contribution in [0.3, 0.4) is 0 Å².